The standard InChI is InChI=1S/C20H30O2/c1-15-11-12-17-19(2,3)13-8-14-20(17,4)16(15)9-6-7-10-18(21)22-5/h11,16-17H,6,8-9,12-14H2,1-5H3/t16-,17-,20+/m0/s1. The first-order chi connectivity index (χ1) is 10.3. The molecule has 0 heterocycles. The first kappa shape index (κ1) is 17.1. The van der Waals surface area contributed by atoms with Gasteiger partial charge in [0.25, 0.3) is 0 Å². The fraction of sp³-hybridized carbons (Fsp3) is 0.750. The average Bonchev–Trinajstić information content (AvgIpc) is 2.44. The van der Waals surface area contributed by atoms with Crippen LogP contribution in [-0.4, -0.2) is 13.1 Å². The molecule has 2 nitrogen and oxygen atoms in total. The molecule has 0 bridgehead atoms. The Bertz CT molecular complexity index is 518. The van der Waals surface area contributed by atoms with Gasteiger partial charge in [-0.05, 0) is 55.3 Å². The van der Waals surface area contributed by atoms with Crippen LogP contribution < -0.4 is 0 Å². The molecule has 122 valence electrons. The van der Waals surface area contributed by atoms with Gasteiger partial charge < -0.3 is 4.74 Å². The largest absolute Gasteiger partial charge is 0.459 e. The van der Waals surface area contributed by atoms with Crippen molar-refractivity contribution in [1.29, 1.82) is 0 Å². The van der Waals surface area contributed by atoms with Crippen LogP contribution in [0.5, 0.6) is 0 Å². The molecule has 0 aromatic carbocycles. The summed E-state index contributed by atoms with van der Waals surface area (Å²) in [7, 11) is 1.38. The topological polar surface area (TPSA) is 26.3 Å². The molecule has 1 saturated carbocycles. The average molecular weight is 302 g/mol. The van der Waals surface area contributed by atoms with E-state index < -0.39 is 5.97 Å². The van der Waals surface area contributed by atoms with Crippen molar-refractivity contribution >= 4 is 5.97 Å². The summed E-state index contributed by atoms with van der Waals surface area (Å²) in [5.41, 5.74) is 2.34. The van der Waals surface area contributed by atoms with Gasteiger partial charge in [0.15, 0.2) is 0 Å². The zero-order valence-electron chi connectivity index (χ0n) is 14.8. The van der Waals surface area contributed by atoms with Crippen molar-refractivity contribution in [1.82, 2.24) is 0 Å². The monoisotopic (exact) mass is 302 g/mol. The minimum Gasteiger partial charge on any atom is -0.459 e. The van der Waals surface area contributed by atoms with Crippen molar-refractivity contribution in [2.24, 2.45) is 22.7 Å². The predicted molar refractivity (Wildman–Crippen MR) is 90.1 cm³/mol. The third kappa shape index (κ3) is 3.24. The van der Waals surface area contributed by atoms with Crippen molar-refractivity contribution in [3.8, 4) is 11.8 Å². The lowest BCUT2D eigenvalue weighted by atomic mass is 9.48. The molecule has 0 spiro atoms. The van der Waals surface area contributed by atoms with Gasteiger partial charge in [0.1, 0.15) is 0 Å². The summed E-state index contributed by atoms with van der Waals surface area (Å²) in [5, 5.41) is 0. The van der Waals surface area contributed by atoms with E-state index in [9.17, 15) is 4.79 Å². The van der Waals surface area contributed by atoms with Crippen molar-refractivity contribution in [3.05, 3.63) is 11.6 Å². The Kier molecular flexibility index (Phi) is 5.05. The molecule has 22 heavy (non-hydrogen) atoms. The molecule has 0 N–H and O–H groups in total. The number of rotatable bonds is 2. The van der Waals surface area contributed by atoms with E-state index in [-0.39, 0.29) is 0 Å². The van der Waals surface area contributed by atoms with E-state index >= 15 is 0 Å². The predicted octanol–water partition coefficient (Wildman–Crippen LogP) is 4.74. The summed E-state index contributed by atoms with van der Waals surface area (Å²) in [6.07, 6.45) is 9.49. The van der Waals surface area contributed by atoms with Crippen LogP contribution in [0, 0.1) is 34.5 Å². The number of carbonyl (C=O) groups is 1. The maximum absolute atomic E-state index is 11.1. The number of hydrogen-bond donors (Lipinski definition) is 0. The highest BCUT2D eigenvalue weighted by Gasteiger charge is 2.51. The zero-order valence-corrected chi connectivity index (χ0v) is 14.8. The van der Waals surface area contributed by atoms with Gasteiger partial charge in [0, 0.05) is 12.3 Å². The minimum atomic E-state index is -0.432. The number of hydrogen-bond acceptors (Lipinski definition) is 2. The summed E-state index contributed by atoms with van der Waals surface area (Å²) < 4.78 is 4.57. The minimum absolute atomic E-state index is 0.382. The van der Waals surface area contributed by atoms with E-state index in [1.807, 2.05) is 0 Å². The van der Waals surface area contributed by atoms with Crippen LogP contribution in [0.1, 0.15) is 66.2 Å². The number of methoxy groups -OCH3 is 1. The van der Waals surface area contributed by atoms with Crippen LogP contribution in [0.4, 0.5) is 0 Å². The molecular formula is C20H30O2. The number of allylic oxidation sites excluding steroid dienone is 2. The van der Waals surface area contributed by atoms with Gasteiger partial charge >= 0.3 is 5.97 Å². The van der Waals surface area contributed by atoms with Gasteiger partial charge in [-0.1, -0.05) is 44.8 Å². The van der Waals surface area contributed by atoms with Crippen LogP contribution in [0.2, 0.25) is 0 Å². The molecule has 0 aliphatic heterocycles. The number of esters is 1. The number of carbonyl (C=O) groups excluding carboxylic acids is 1. The van der Waals surface area contributed by atoms with Gasteiger partial charge in [0.2, 0.25) is 0 Å². The molecule has 1 fully saturated rings. The smallest absolute Gasteiger partial charge is 0.384 e. The molecule has 2 heteroatoms. The summed E-state index contributed by atoms with van der Waals surface area (Å²) in [6, 6.07) is 0. The van der Waals surface area contributed by atoms with Gasteiger partial charge in [0.05, 0.1) is 7.11 Å². The summed E-state index contributed by atoms with van der Waals surface area (Å²) in [5.74, 6) is 6.47. The number of ether oxygens (including phenoxy) is 1. The van der Waals surface area contributed by atoms with Crippen LogP contribution >= 0.6 is 0 Å². The fourth-order valence-electron chi connectivity index (χ4n) is 5.10. The lowest BCUT2D eigenvalue weighted by Crippen LogP contribution is -2.48. The molecule has 0 aromatic heterocycles. The highest BCUT2D eigenvalue weighted by molar-refractivity contribution is 5.88. The Morgan fingerprint density at radius 3 is 2.77 bits per heavy atom. The van der Waals surface area contributed by atoms with E-state index in [0.29, 0.717) is 16.7 Å². The summed E-state index contributed by atoms with van der Waals surface area (Å²) in [4.78, 5) is 11.1. The van der Waals surface area contributed by atoms with Crippen LogP contribution in [-0.2, 0) is 9.53 Å². The van der Waals surface area contributed by atoms with E-state index in [4.69, 9.17) is 0 Å². The molecule has 2 aliphatic rings. The van der Waals surface area contributed by atoms with E-state index in [1.54, 1.807) is 0 Å². The molecule has 3 atom stereocenters. The third-order valence-electron chi connectivity index (χ3n) is 6.23. The van der Waals surface area contributed by atoms with E-state index in [1.165, 1.54) is 38.4 Å². The molecule has 2 rings (SSSR count). The fourth-order valence-corrected chi connectivity index (χ4v) is 5.10. The zero-order chi connectivity index (χ0) is 16.4. The SMILES string of the molecule is COC(=O)C#CCC[C@H]1C(C)=CC[C@H]2C(C)(C)CCC[C@]12C. The van der Waals surface area contributed by atoms with Crippen molar-refractivity contribution in [2.75, 3.05) is 7.11 Å². The highest BCUT2D eigenvalue weighted by Crippen LogP contribution is 2.60. The Balaban J connectivity index is 2.14. The lowest BCUT2D eigenvalue weighted by Gasteiger charge is -2.57. The van der Waals surface area contributed by atoms with Crippen LogP contribution in [0.25, 0.3) is 0 Å². The lowest BCUT2D eigenvalue weighted by molar-refractivity contribution is -0.133. The molecule has 0 radical (unpaired) electrons. The van der Waals surface area contributed by atoms with Gasteiger partial charge in [-0.2, -0.15) is 0 Å². The maximum Gasteiger partial charge on any atom is 0.384 e. The summed E-state index contributed by atoms with van der Waals surface area (Å²) >= 11 is 0. The van der Waals surface area contributed by atoms with Gasteiger partial charge in [-0.3, -0.25) is 0 Å². The summed E-state index contributed by atoms with van der Waals surface area (Å²) in [6.45, 7) is 9.66. The molecule has 0 unspecified atom stereocenters. The maximum atomic E-state index is 11.1. The van der Waals surface area contributed by atoms with Crippen LogP contribution in [0.15, 0.2) is 11.6 Å². The molecule has 2 aliphatic carbocycles. The highest BCUT2D eigenvalue weighted by atomic mass is 16.5. The molecule has 0 amide bonds. The van der Waals surface area contributed by atoms with Crippen LogP contribution in [0.3, 0.4) is 0 Å². The Morgan fingerprint density at radius 2 is 2.09 bits per heavy atom. The molecule has 0 aromatic rings. The molecule has 0 saturated heterocycles. The molecular weight excluding hydrogens is 272 g/mol. The normalized spacial score (nSPS) is 33.0. The Labute approximate surface area is 135 Å². The Morgan fingerprint density at radius 1 is 1.36 bits per heavy atom. The third-order valence-corrected chi connectivity index (χ3v) is 6.23. The van der Waals surface area contributed by atoms with Crippen molar-refractivity contribution in [3.63, 3.8) is 0 Å². The number of fused-ring (bicyclic) bond motifs is 1. The first-order valence-electron chi connectivity index (χ1n) is 8.55. The first-order valence-corrected chi connectivity index (χ1v) is 8.55. The van der Waals surface area contributed by atoms with Crippen molar-refractivity contribution in [2.45, 2.75) is 66.2 Å². The second-order valence-corrected chi connectivity index (χ2v) is 7.97. The quantitative estimate of drug-likeness (QED) is 0.319. The van der Waals surface area contributed by atoms with E-state index in [2.05, 4.69) is 50.3 Å². The second-order valence-electron chi connectivity index (χ2n) is 7.97. The van der Waals surface area contributed by atoms with E-state index in [0.717, 1.165) is 18.8 Å². The van der Waals surface area contributed by atoms with Crippen molar-refractivity contribution < 1.29 is 9.53 Å². The Hall–Kier alpha value is -1.23. The van der Waals surface area contributed by atoms with Gasteiger partial charge in [-0.15, -0.1) is 0 Å². The van der Waals surface area contributed by atoms with Gasteiger partial charge in [-0.25, -0.2) is 4.79 Å². The second kappa shape index (κ2) is 6.49.